The van der Waals surface area contributed by atoms with E-state index in [1.165, 1.54) is 44.2 Å². The highest BCUT2D eigenvalue weighted by Gasteiger charge is 2.36. The minimum Gasteiger partial charge on any atom is -0.208 e. The molecule has 8 aromatic carbocycles. The molecule has 3 nitrogen and oxygen atoms in total. The second-order valence-corrected chi connectivity index (χ2v) is 14.4. The summed E-state index contributed by atoms with van der Waals surface area (Å²) in [5.41, 5.74) is 13.0. The fourth-order valence-electron chi connectivity index (χ4n) is 8.25. The molecule has 0 unspecified atom stereocenters. The molecule has 1 aromatic heterocycles. The van der Waals surface area contributed by atoms with Gasteiger partial charge in [-0.25, -0.2) is 15.0 Å². The molecule has 1 heterocycles. The van der Waals surface area contributed by atoms with Gasteiger partial charge in [0, 0.05) is 22.1 Å². The van der Waals surface area contributed by atoms with Crippen LogP contribution in [0.3, 0.4) is 0 Å². The van der Waals surface area contributed by atoms with Gasteiger partial charge in [-0.05, 0) is 78.2 Å². The fraction of sp³-hybridized carbons (Fsp3) is 0.0600. The van der Waals surface area contributed by atoms with Gasteiger partial charge in [-0.15, -0.1) is 0 Å². The monoisotopic (exact) mass is 677 g/mol. The van der Waals surface area contributed by atoms with Crippen LogP contribution in [0.15, 0.2) is 176 Å². The first-order valence-electron chi connectivity index (χ1n) is 18.2. The lowest BCUT2D eigenvalue weighted by atomic mass is 9.82. The van der Waals surface area contributed by atoms with Crippen LogP contribution in [0, 0.1) is 0 Å². The molecule has 53 heavy (non-hydrogen) atoms. The molecule has 0 saturated heterocycles. The summed E-state index contributed by atoms with van der Waals surface area (Å²) in [6.07, 6.45) is 0. The van der Waals surface area contributed by atoms with E-state index in [0.29, 0.717) is 17.5 Å². The van der Waals surface area contributed by atoms with E-state index in [9.17, 15) is 0 Å². The number of benzene rings is 8. The number of hydrogen-bond donors (Lipinski definition) is 0. The third-order valence-electron chi connectivity index (χ3n) is 10.9. The van der Waals surface area contributed by atoms with Gasteiger partial charge in [0.05, 0.1) is 0 Å². The Bertz CT molecular complexity index is 2800. The average molecular weight is 678 g/mol. The summed E-state index contributed by atoms with van der Waals surface area (Å²) in [4.78, 5) is 15.3. The summed E-state index contributed by atoms with van der Waals surface area (Å²) in [6, 6.07) is 62.6. The molecule has 0 atom stereocenters. The first kappa shape index (κ1) is 31.1. The Labute approximate surface area is 309 Å². The first-order chi connectivity index (χ1) is 26.0. The van der Waals surface area contributed by atoms with Crippen molar-refractivity contribution in [2.24, 2.45) is 0 Å². The smallest absolute Gasteiger partial charge is 0.165 e. The molecular formula is C50H35N3. The first-order valence-corrected chi connectivity index (χ1v) is 18.2. The minimum atomic E-state index is -0.0342. The average Bonchev–Trinajstić information content (AvgIpc) is 3.46. The van der Waals surface area contributed by atoms with Gasteiger partial charge in [-0.3, -0.25) is 0 Å². The number of hydrogen-bond acceptors (Lipinski definition) is 3. The largest absolute Gasteiger partial charge is 0.208 e. The van der Waals surface area contributed by atoms with E-state index in [-0.39, 0.29) is 5.41 Å². The molecule has 3 heteroatoms. The van der Waals surface area contributed by atoms with Gasteiger partial charge < -0.3 is 0 Å². The zero-order valence-electron chi connectivity index (χ0n) is 29.6. The van der Waals surface area contributed by atoms with Crippen LogP contribution in [-0.4, -0.2) is 15.0 Å². The third kappa shape index (κ3) is 5.16. The molecule has 1 aliphatic carbocycles. The molecule has 0 spiro atoms. The lowest BCUT2D eigenvalue weighted by Gasteiger charge is -2.21. The quantitative estimate of drug-likeness (QED) is 0.182. The maximum atomic E-state index is 5.18. The van der Waals surface area contributed by atoms with Crippen LogP contribution >= 0.6 is 0 Å². The summed E-state index contributed by atoms with van der Waals surface area (Å²) >= 11 is 0. The van der Waals surface area contributed by atoms with Crippen molar-refractivity contribution in [1.82, 2.24) is 15.0 Å². The number of fused-ring (bicyclic) bond motifs is 5. The fourth-order valence-corrected chi connectivity index (χ4v) is 8.25. The summed E-state index contributed by atoms with van der Waals surface area (Å²) in [5.74, 6) is 1.96. The summed E-state index contributed by atoms with van der Waals surface area (Å²) in [7, 11) is 0. The Morgan fingerprint density at radius 1 is 0.340 bits per heavy atom. The van der Waals surface area contributed by atoms with Crippen molar-refractivity contribution in [3.8, 4) is 67.5 Å². The Morgan fingerprint density at radius 2 is 0.849 bits per heavy atom. The molecule has 10 rings (SSSR count). The van der Waals surface area contributed by atoms with Crippen LogP contribution in [-0.2, 0) is 5.41 Å². The maximum absolute atomic E-state index is 5.18. The van der Waals surface area contributed by atoms with E-state index in [0.717, 1.165) is 38.6 Å². The van der Waals surface area contributed by atoms with Crippen LogP contribution in [0.5, 0.6) is 0 Å². The predicted octanol–water partition coefficient (Wildman–Crippen LogP) is 12.8. The molecule has 0 amide bonds. The zero-order valence-corrected chi connectivity index (χ0v) is 29.6. The Kier molecular flexibility index (Phi) is 7.16. The molecular weight excluding hydrogens is 643 g/mol. The van der Waals surface area contributed by atoms with Crippen molar-refractivity contribution in [1.29, 1.82) is 0 Å². The van der Waals surface area contributed by atoms with Gasteiger partial charge >= 0.3 is 0 Å². The summed E-state index contributed by atoms with van der Waals surface area (Å²) < 4.78 is 0. The highest BCUT2D eigenvalue weighted by Crippen LogP contribution is 2.52. The molecule has 9 aromatic rings. The zero-order chi connectivity index (χ0) is 35.5. The predicted molar refractivity (Wildman–Crippen MR) is 220 cm³/mol. The van der Waals surface area contributed by atoms with Gasteiger partial charge in [-0.2, -0.15) is 0 Å². The van der Waals surface area contributed by atoms with Gasteiger partial charge in [0.15, 0.2) is 17.5 Å². The second-order valence-electron chi connectivity index (χ2n) is 14.4. The SMILES string of the molecule is CC1(C)c2ccccc2-c2c(-c3ccc4cc(-c5ccc6ccccc6c5-c5nc(-c6ccccc6)nc(-c6ccccc6)n5)ccc4c3)cccc21. The Balaban J connectivity index is 1.13. The normalized spacial score (nSPS) is 12.9. The van der Waals surface area contributed by atoms with Crippen molar-refractivity contribution in [2.45, 2.75) is 19.3 Å². The van der Waals surface area contributed by atoms with E-state index < -0.39 is 0 Å². The lowest BCUT2D eigenvalue weighted by molar-refractivity contribution is 0.660. The van der Waals surface area contributed by atoms with E-state index in [2.05, 4.69) is 153 Å². The van der Waals surface area contributed by atoms with Gasteiger partial charge in [-0.1, -0.05) is 178 Å². The second kappa shape index (κ2) is 12.2. The Hall–Kier alpha value is -6.71. The number of aromatic nitrogens is 3. The van der Waals surface area contributed by atoms with Crippen molar-refractivity contribution >= 4 is 21.5 Å². The third-order valence-corrected chi connectivity index (χ3v) is 10.9. The topological polar surface area (TPSA) is 38.7 Å². The van der Waals surface area contributed by atoms with Crippen molar-refractivity contribution in [3.63, 3.8) is 0 Å². The van der Waals surface area contributed by atoms with E-state index in [4.69, 9.17) is 15.0 Å². The maximum Gasteiger partial charge on any atom is 0.165 e. The van der Waals surface area contributed by atoms with Gasteiger partial charge in [0.25, 0.3) is 0 Å². The van der Waals surface area contributed by atoms with Crippen LogP contribution in [0.1, 0.15) is 25.0 Å². The van der Waals surface area contributed by atoms with E-state index >= 15 is 0 Å². The van der Waals surface area contributed by atoms with Crippen LogP contribution in [0.2, 0.25) is 0 Å². The van der Waals surface area contributed by atoms with Crippen molar-refractivity contribution in [3.05, 3.63) is 187 Å². The van der Waals surface area contributed by atoms with Crippen LogP contribution in [0.25, 0.3) is 89.1 Å². The van der Waals surface area contributed by atoms with Gasteiger partial charge in [0.2, 0.25) is 0 Å². The molecule has 0 bridgehead atoms. The molecule has 0 saturated carbocycles. The molecule has 0 fully saturated rings. The van der Waals surface area contributed by atoms with Crippen molar-refractivity contribution < 1.29 is 0 Å². The standard InChI is InChI=1S/C50H35N3/c1-50(2)43-22-12-11-20-42(43)45-40(21-13-23-44(45)50)37-26-24-36-31-38(27-25-35(36)30-37)41-29-28-32-14-9-10-19-39(32)46(41)49-52-47(33-15-5-3-6-16-33)51-48(53-49)34-17-7-4-8-18-34/h3-31H,1-2H3. The number of rotatable bonds is 5. The highest BCUT2D eigenvalue weighted by molar-refractivity contribution is 6.04. The molecule has 0 radical (unpaired) electrons. The van der Waals surface area contributed by atoms with Crippen LogP contribution < -0.4 is 0 Å². The van der Waals surface area contributed by atoms with E-state index in [1.807, 2.05) is 36.4 Å². The lowest BCUT2D eigenvalue weighted by Crippen LogP contribution is -2.14. The Morgan fingerprint density at radius 3 is 1.53 bits per heavy atom. The minimum absolute atomic E-state index is 0.0342. The highest BCUT2D eigenvalue weighted by atomic mass is 15.0. The summed E-state index contributed by atoms with van der Waals surface area (Å²) in [5, 5.41) is 4.63. The van der Waals surface area contributed by atoms with Crippen LogP contribution in [0.4, 0.5) is 0 Å². The van der Waals surface area contributed by atoms with Gasteiger partial charge in [0.1, 0.15) is 0 Å². The molecule has 0 aliphatic heterocycles. The summed E-state index contributed by atoms with van der Waals surface area (Å²) in [6.45, 7) is 4.68. The van der Waals surface area contributed by atoms with Crippen molar-refractivity contribution in [2.75, 3.05) is 0 Å². The molecule has 0 N–H and O–H groups in total. The van der Waals surface area contributed by atoms with E-state index in [1.54, 1.807) is 0 Å². The number of nitrogens with zero attached hydrogens (tertiary/aromatic N) is 3. The molecule has 250 valence electrons. The molecule has 1 aliphatic rings.